The molecule has 0 bridgehead atoms. The van der Waals surface area contributed by atoms with E-state index < -0.39 is 11.9 Å². The summed E-state index contributed by atoms with van der Waals surface area (Å²) in [6.07, 6.45) is 0. The van der Waals surface area contributed by atoms with Gasteiger partial charge in [0, 0.05) is 48.1 Å². The zero-order chi connectivity index (χ0) is 25.4. The number of esters is 2. The fourth-order valence-electron chi connectivity index (χ4n) is 4.04. The summed E-state index contributed by atoms with van der Waals surface area (Å²) >= 11 is 0. The minimum absolute atomic E-state index is 0.207. The summed E-state index contributed by atoms with van der Waals surface area (Å²) in [5, 5.41) is 0.863. The number of rotatable bonds is 4. The van der Waals surface area contributed by atoms with E-state index in [1.54, 1.807) is 60.7 Å². The quantitative estimate of drug-likeness (QED) is 0.221. The summed E-state index contributed by atoms with van der Waals surface area (Å²) in [5.74, 6) is -0.0188. The zero-order valence-corrected chi connectivity index (χ0v) is 19.4. The van der Waals surface area contributed by atoms with Crippen molar-refractivity contribution < 1.29 is 19.1 Å². The van der Waals surface area contributed by atoms with E-state index >= 15 is 0 Å². The van der Waals surface area contributed by atoms with Gasteiger partial charge in [0.25, 0.3) is 0 Å². The van der Waals surface area contributed by atoms with Crippen LogP contribution in [0.3, 0.4) is 0 Å². The Morgan fingerprint density at radius 2 is 0.944 bits per heavy atom. The van der Waals surface area contributed by atoms with Gasteiger partial charge in [-0.25, -0.2) is 0 Å². The molecule has 2 heterocycles. The molecular weight excluding hydrogens is 460 g/mol. The van der Waals surface area contributed by atoms with Crippen molar-refractivity contribution in [3.8, 4) is 34.0 Å². The van der Waals surface area contributed by atoms with Gasteiger partial charge in [0.1, 0.15) is 11.5 Å². The number of H-pyrrole nitrogens is 2. The molecule has 0 saturated carbocycles. The number of benzene rings is 3. The van der Waals surface area contributed by atoms with Gasteiger partial charge in [-0.1, -0.05) is 0 Å². The van der Waals surface area contributed by atoms with E-state index in [1.165, 1.54) is 26.0 Å². The molecule has 0 unspecified atom stereocenters. The third-order valence-corrected chi connectivity index (χ3v) is 5.63. The number of pyridine rings is 2. The maximum atomic E-state index is 13.0. The topological polar surface area (TPSA) is 118 Å². The number of ether oxygens (including phenoxy) is 2. The van der Waals surface area contributed by atoms with Crippen LogP contribution in [0.15, 0.2) is 82.4 Å². The molecule has 2 aromatic heterocycles. The lowest BCUT2D eigenvalue weighted by molar-refractivity contribution is -0.132. The number of fused-ring (bicyclic) bond motifs is 2. The Labute approximate surface area is 204 Å². The molecule has 5 aromatic rings. The maximum Gasteiger partial charge on any atom is 0.308 e. The van der Waals surface area contributed by atoms with Gasteiger partial charge in [-0.2, -0.15) is 0 Å². The van der Waals surface area contributed by atoms with Crippen LogP contribution in [0.2, 0.25) is 0 Å². The van der Waals surface area contributed by atoms with E-state index in [-0.39, 0.29) is 10.9 Å². The molecule has 2 N–H and O–H groups in total. The second-order valence-electron chi connectivity index (χ2n) is 8.27. The molecule has 0 radical (unpaired) electrons. The van der Waals surface area contributed by atoms with Gasteiger partial charge in [-0.15, -0.1) is 0 Å². The first-order valence-corrected chi connectivity index (χ1v) is 11.1. The highest BCUT2D eigenvalue weighted by molar-refractivity contribution is 5.96. The first-order chi connectivity index (χ1) is 17.3. The summed E-state index contributed by atoms with van der Waals surface area (Å²) < 4.78 is 10.1. The first kappa shape index (κ1) is 22.8. The van der Waals surface area contributed by atoms with Crippen molar-refractivity contribution in [2.45, 2.75) is 13.8 Å². The fraction of sp³-hybridized carbons (Fsp3) is 0.0714. The van der Waals surface area contributed by atoms with E-state index in [4.69, 9.17) is 9.47 Å². The lowest BCUT2D eigenvalue weighted by atomic mass is 10.1. The highest BCUT2D eigenvalue weighted by Gasteiger charge is 2.11. The van der Waals surface area contributed by atoms with Crippen molar-refractivity contribution >= 4 is 33.7 Å². The molecule has 0 fully saturated rings. The van der Waals surface area contributed by atoms with Crippen molar-refractivity contribution in [3.05, 3.63) is 93.2 Å². The van der Waals surface area contributed by atoms with Crippen LogP contribution < -0.4 is 20.3 Å². The Hall–Kier alpha value is -4.98. The molecule has 178 valence electrons. The van der Waals surface area contributed by atoms with Gasteiger partial charge >= 0.3 is 11.9 Å². The molecule has 0 spiro atoms. The average Bonchev–Trinajstić information content (AvgIpc) is 2.83. The molecule has 0 atom stereocenters. The molecule has 8 heteroatoms. The second kappa shape index (κ2) is 8.99. The van der Waals surface area contributed by atoms with E-state index in [0.29, 0.717) is 44.7 Å². The third-order valence-electron chi connectivity index (χ3n) is 5.63. The Kier molecular flexibility index (Phi) is 5.69. The number of carbonyl (C=O) groups excluding carboxylic acids is 2. The standard InChI is InChI=1S/C28H20N2O6/c1-15(31)35-19-7-3-17(4-8-19)23-13-27(33)21-12-26-22(11-25(21)29-23)28(34)14-24(30-26)18-5-9-20(10-6-18)36-16(2)32/h3-14H,1-2H3,(H,29,33)(H,30,34). The van der Waals surface area contributed by atoms with Gasteiger partial charge in [0.05, 0.1) is 11.0 Å². The van der Waals surface area contributed by atoms with Crippen LogP contribution in [0.1, 0.15) is 13.8 Å². The summed E-state index contributed by atoms with van der Waals surface area (Å²) in [5.41, 5.74) is 3.24. The number of carbonyl (C=O) groups is 2. The van der Waals surface area contributed by atoms with E-state index in [0.717, 1.165) is 11.1 Å². The molecule has 5 rings (SSSR count). The lowest BCUT2D eigenvalue weighted by Crippen LogP contribution is -2.07. The Morgan fingerprint density at radius 1 is 0.583 bits per heavy atom. The molecule has 0 aliphatic carbocycles. The summed E-state index contributed by atoms with van der Waals surface area (Å²) in [4.78, 5) is 54.7. The SMILES string of the molecule is CC(=O)Oc1ccc(-c2cc(=O)c3cc4[nH]c(-c5ccc(OC(C)=O)cc5)cc(=O)c4cc3[nH]2)cc1. The first-order valence-electron chi connectivity index (χ1n) is 11.1. The number of nitrogens with one attached hydrogen (secondary N) is 2. The van der Waals surface area contributed by atoms with Crippen molar-refractivity contribution in [1.82, 2.24) is 9.97 Å². The number of aromatic amines is 2. The molecule has 0 amide bonds. The van der Waals surface area contributed by atoms with E-state index in [1.807, 2.05) is 0 Å². The van der Waals surface area contributed by atoms with Gasteiger partial charge in [-0.05, 0) is 71.8 Å². The average molecular weight is 480 g/mol. The Morgan fingerprint density at radius 3 is 1.28 bits per heavy atom. The summed E-state index contributed by atoms with van der Waals surface area (Å²) in [7, 11) is 0. The zero-order valence-electron chi connectivity index (χ0n) is 19.4. The number of hydrogen-bond acceptors (Lipinski definition) is 6. The van der Waals surface area contributed by atoms with Crippen molar-refractivity contribution in [3.63, 3.8) is 0 Å². The van der Waals surface area contributed by atoms with Crippen LogP contribution in [0.4, 0.5) is 0 Å². The van der Waals surface area contributed by atoms with Crippen LogP contribution in [0.25, 0.3) is 44.3 Å². The van der Waals surface area contributed by atoms with Crippen LogP contribution in [0, 0.1) is 0 Å². The molecule has 3 aromatic carbocycles. The molecule has 0 aliphatic heterocycles. The van der Waals surface area contributed by atoms with Crippen LogP contribution in [-0.2, 0) is 9.59 Å². The van der Waals surface area contributed by atoms with Gasteiger partial charge in [0.2, 0.25) is 0 Å². The number of hydrogen-bond donors (Lipinski definition) is 2. The predicted molar refractivity (Wildman–Crippen MR) is 136 cm³/mol. The molecule has 0 saturated heterocycles. The maximum absolute atomic E-state index is 13.0. The van der Waals surface area contributed by atoms with Gasteiger partial charge in [-0.3, -0.25) is 19.2 Å². The van der Waals surface area contributed by atoms with Gasteiger partial charge in [0.15, 0.2) is 10.9 Å². The monoisotopic (exact) mass is 480 g/mol. The molecule has 0 aliphatic rings. The molecule has 8 nitrogen and oxygen atoms in total. The van der Waals surface area contributed by atoms with Crippen molar-refractivity contribution in [2.75, 3.05) is 0 Å². The Bertz CT molecular complexity index is 1630. The largest absolute Gasteiger partial charge is 0.427 e. The minimum atomic E-state index is -0.416. The highest BCUT2D eigenvalue weighted by Crippen LogP contribution is 2.25. The van der Waals surface area contributed by atoms with Crippen molar-refractivity contribution in [1.29, 1.82) is 0 Å². The molecule has 36 heavy (non-hydrogen) atoms. The van der Waals surface area contributed by atoms with Gasteiger partial charge < -0.3 is 19.4 Å². The predicted octanol–water partition coefficient (Wildman–Crippen LogP) is 4.55. The number of aromatic nitrogens is 2. The van der Waals surface area contributed by atoms with E-state index in [2.05, 4.69) is 9.97 Å². The van der Waals surface area contributed by atoms with Crippen LogP contribution in [-0.4, -0.2) is 21.9 Å². The minimum Gasteiger partial charge on any atom is -0.427 e. The van der Waals surface area contributed by atoms with E-state index in [9.17, 15) is 19.2 Å². The molecular formula is C28H20N2O6. The van der Waals surface area contributed by atoms with Crippen LogP contribution >= 0.6 is 0 Å². The lowest BCUT2D eigenvalue weighted by Gasteiger charge is -2.09. The van der Waals surface area contributed by atoms with Crippen molar-refractivity contribution in [2.24, 2.45) is 0 Å². The second-order valence-corrected chi connectivity index (χ2v) is 8.27. The third kappa shape index (κ3) is 4.52. The normalized spacial score (nSPS) is 10.9. The summed E-state index contributed by atoms with van der Waals surface area (Å²) in [6, 6.07) is 19.8. The summed E-state index contributed by atoms with van der Waals surface area (Å²) in [6.45, 7) is 2.65. The smallest absolute Gasteiger partial charge is 0.308 e. The fourth-order valence-corrected chi connectivity index (χ4v) is 4.04. The van der Waals surface area contributed by atoms with Crippen LogP contribution in [0.5, 0.6) is 11.5 Å². The Balaban J connectivity index is 1.56. The highest BCUT2D eigenvalue weighted by atomic mass is 16.5.